The number of benzene rings is 1. The Kier molecular flexibility index (Phi) is 4.15. The second kappa shape index (κ2) is 5.39. The number of azo groups is 1. The number of aliphatic hydroxyl groups excluding tert-OH is 1. The summed E-state index contributed by atoms with van der Waals surface area (Å²) >= 11 is 0. The Bertz CT molecular complexity index is 478. The van der Waals surface area contributed by atoms with Gasteiger partial charge in [-0.1, -0.05) is 6.07 Å². The van der Waals surface area contributed by atoms with Gasteiger partial charge in [-0.25, -0.2) is 0 Å². The van der Waals surface area contributed by atoms with Crippen LogP contribution < -0.4 is 0 Å². The largest absolute Gasteiger partial charge is 0.510 e. The molecule has 1 aromatic carbocycles. The van der Waals surface area contributed by atoms with E-state index in [4.69, 9.17) is 0 Å². The second-order valence-electron chi connectivity index (χ2n) is 4.04. The molecule has 4 nitrogen and oxygen atoms in total. The van der Waals surface area contributed by atoms with Crippen molar-refractivity contribution in [1.29, 1.82) is 0 Å². The number of hydrogen-bond donors (Lipinski definition) is 1. The number of allylic oxidation sites excluding steroid dienone is 2. The van der Waals surface area contributed by atoms with Gasteiger partial charge >= 0.3 is 0 Å². The van der Waals surface area contributed by atoms with Crippen LogP contribution in [0.5, 0.6) is 0 Å². The minimum atomic E-state index is -0.307. The van der Waals surface area contributed by atoms with Crippen molar-refractivity contribution < 1.29 is 9.90 Å². The average molecular weight is 232 g/mol. The molecule has 0 heterocycles. The first-order valence-corrected chi connectivity index (χ1v) is 5.31. The minimum Gasteiger partial charge on any atom is -0.510 e. The molecule has 0 amide bonds. The van der Waals surface area contributed by atoms with E-state index in [0.717, 1.165) is 11.1 Å². The Balaban J connectivity index is 3.05. The van der Waals surface area contributed by atoms with Crippen molar-refractivity contribution in [2.24, 2.45) is 10.2 Å². The zero-order valence-corrected chi connectivity index (χ0v) is 10.5. The smallest absolute Gasteiger partial charge is 0.183 e. The van der Waals surface area contributed by atoms with Crippen molar-refractivity contribution in [3.05, 3.63) is 40.8 Å². The van der Waals surface area contributed by atoms with Crippen LogP contribution in [-0.4, -0.2) is 10.9 Å². The summed E-state index contributed by atoms with van der Waals surface area (Å²) in [7, 11) is 0. The van der Waals surface area contributed by atoms with E-state index in [1.54, 1.807) is 0 Å². The van der Waals surface area contributed by atoms with E-state index in [1.165, 1.54) is 13.8 Å². The average Bonchev–Trinajstić information content (AvgIpc) is 2.14. The van der Waals surface area contributed by atoms with Gasteiger partial charge < -0.3 is 5.11 Å². The number of carbonyl (C=O) groups excluding carboxylic acids is 1. The predicted octanol–water partition coefficient (Wildman–Crippen LogP) is 3.77. The van der Waals surface area contributed by atoms with Gasteiger partial charge in [-0.05, 0) is 44.0 Å². The zero-order chi connectivity index (χ0) is 13.0. The highest BCUT2D eigenvalue weighted by Crippen LogP contribution is 2.19. The standard InChI is InChI=1S/C13H16N2O2/c1-8-5-9(2)7-12(6-8)14-15-13(10(3)16)11(4)17/h5-7,16H,1-4H3/b13-10+,15-14?. The van der Waals surface area contributed by atoms with E-state index in [0.29, 0.717) is 5.69 Å². The summed E-state index contributed by atoms with van der Waals surface area (Å²) in [5, 5.41) is 17.0. The zero-order valence-electron chi connectivity index (χ0n) is 10.5. The third kappa shape index (κ3) is 3.83. The van der Waals surface area contributed by atoms with Crippen molar-refractivity contribution >= 4 is 11.5 Å². The lowest BCUT2D eigenvalue weighted by molar-refractivity contribution is -0.113. The van der Waals surface area contributed by atoms with E-state index < -0.39 is 0 Å². The lowest BCUT2D eigenvalue weighted by atomic mass is 10.1. The van der Waals surface area contributed by atoms with Crippen molar-refractivity contribution in [2.75, 3.05) is 0 Å². The normalized spacial score (nSPS) is 12.7. The third-order valence-electron chi connectivity index (χ3n) is 2.15. The first kappa shape index (κ1) is 13.1. The summed E-state index contributed by atoms with van der Waals surface area (Å²) in [6, 6.07) is 5.75. The molecule has 17 heavy (non-hydrogen) atoms. The van der Waals surface area contributed by atoms with Crippen LogP contribution in [0.15, 0.2) is 39.9 Å². The van der Waals surface area contributed by atoms with Gasteiger partial charge in [-0.3, -0.25) is 4.79 Å². The van der Waals surface area contributed by atoms with E-state index in [9.17, 15) is 9.90 Å². The molecular weight excluding hydrogens is 216 g/mol. The SMILES string of the molecule is CC(=O)/C(N=Nc1cc(C)cc(C)c1)=C(/C)O. The first-order chi connectivity index (χ1) is 7.90. The quantitative estimate of drug-likeness (QED) is 0.490. The topological polar surface area (TPSA) is 62.0 Å². The molecule has 0 aliphatic heterocycles. The van der Waals surface area contributed by atoms with Gasteiger partial charge in [0.15, 0.2) is 11.5 Å². The molecule has 0 saturated carbocycles. The number of nitrogens with zero attached hydrogens (tertiary/aromatic N) is 2. The lowest BCUT2D eigenvalue weighted by Crippen LogP contribution is -1.96. The molecule has 90 valence electrons. The van der Waals surface area contributed by atoms with E-state index in [-0.39, 0.29) is 17.2 Å². The van der Waals surface area contributed by atoms with E-state index >= 15 is 0 Å². The van der Waals surface area contributed by atoms with Crippen LogP contribution >= 0.6 is 0 Å². The fourth-order valence-electron chi connectivity index (χ4n) is 1.51. The van der Waals surface area contributed by atoms with Crippen LogP contribution in [0, 0.1) is 13.8 Å². The van der Waals surface area contributed by atoms with Crippen molar-refractivity contribution in [1.82, 2.24) is 0 Å². The highest BCUT2D eigenvalue weighted by molar-refractivity contribution is 5.93. The molecule has 0 unspecified atom stereocenters. The molecule has 0 bridgehead atoms. The van der Waals surface area contributed by atoms with Crippen molar-refractivity contribution in [2.45, 2.75) is 27.7 Å². The van der Waals surface area contributed by atoms with Gasteiger partial charge in [0.2, 0.25) is 0 Å². The van der Waals surface area contributed by atoms with Crippen molar-refractivity contribution in [3.63, 3.8) is 0 Å². The summed E-state index contributed by atoms with van der Waals surface area (Å²) in [6.07, 6.45) is 0. The number of aliphatic hydroxyl groups is 1. The molecule has 0 aliphatic rings. The van der Waals surface area contributed by atoms with E-state index in [1.807, 2.05) is 32.0 Å². The Morgan fingerprint density at radius 1 is 1.12 bits per heavy atom. The molecule has 0 aliphatic carbocycles. The Hall–Kier alpha value is -1.97. The molecule has 0 spiro atoms. The minimum absolute atomic E-state index is 0.0100. The molecule has 0 radical (unpaired) electrons. The summed E-state index contributed by atoms with van der Waals surface area (Å²) in [6.45, 7) is 6.68. The molecule has 1 N–H and O–H groups in total. The molecule has 4 heteroatoms. The van der Waals surface area contributed by atoms with Gasteiger partial charge in [-0.2, -0.15) is 5.11 Å². The summed E-state index contributed by atoms with van der Waals surface area (Å²) in [5.41, 5.74) is 2.81. The highest BCUT2D eigenvalue weighted by atomic mass is 16.3. The number of rotatable bonds is 3. The number of ketones is 1. The molecule has 0 atom stereocenters. The van der Waals surface area contributed by atoms with Crippen LogP contribution in [0.3, 0.4) is 0 Å². The molecule has 1 rings (SSSR count). The summed E-state index contributed by atoms with van der Waals surface area (Å²) in [4.78, 5) is 11.2. The van der Waals surface area contributed by atoms with Crippen LogP contribution in [0.25, 0.3) is 0 Å². The number of hydrogen-bond acceptors (Lipinski definition) is 4. The Morgan fingerprint density at radius 2 is 1.65 bits per heavy atom. The van der Waals surface area contributed by atoms with Crippen LogP contribution in [0.1, 0.15) is 25.0 Å². The Morgan fingerprint density at radius 3 is 2.06 bits per heavy atom. The molecule has 0 aromatic heterocycles. The maximum atomic E-state index is 11.2. The molecule has 0 saturated heterocycles. The maximum Gasteiger partial charge on any atom is 0.183 e. The van der Waals surface area contributed by atoms with Crippen LogP contribution in [-0.2, 0) is 4.79 Å². The number of carbonyl (C=O) groups is 1. The second-order valence-corrected chi connectivity index (χ2v) is 4.04. The summed E-state index contributed by atoms with van der Waals surface area (Å²) in [5.74, 6) is -0.427. The molecule has 1 aromatic rings. The third-order valence-corrected chi connectivity index (χ3v) is 2.15. The maximum absolute atomic E-state index is 11.2. The van der Waals surface area contributed by atoms with Crippen molar-refractivity contribution in [3.8, 4) is 0 Å². The fourth-order valence-corrected chi connectivity index (χ4v) is 1.51. The van der Waals surface area contributed by atoms with Crippen LogP contribution in [0.2, 0.25) is 0 Å². The lowest BCUT2D eigenvalue weighted by Gasteiger charge is -2.00. The van der Waals surface area contributed by atoms with E-state index in [2.05, 4.69) is 10.2 Å². The summed E-state index contributed by atoms with van der Waals surface area (Å²) < 4.78 is 0. The van der Waals surface area contributed by atoms with Gasteiger partial charge in [0.05, 0.1) is 5.69 Å². The number of Topliss-reactive ketones (excluding diaryl/α,β-unsaturated/α-hetero) is 1. The molecule has 0 fully saturated rings. The van der Waals surface area contributed by atoms with Gasteiger partial charge in [-0.15, -0.1) is 5.11 Å². The van der Waals surface area contributed by atoms with Gasteiger partial charge in [0, 0.05) is 6.92 Å². The fraction of sp³-hybridized carbons (Fsp3) is 0.308. The predicted molar refractivity (Wildman–Crippen MR) is 66.4 cm³/mol. The van der Waals surface area contributed by atoms with Gasteiger partial charge in [0.25, 0.3) is 0 Å². The highest BCUT2D eigenvalue weighted by Gasteiger charge is 2.06. The molecular formula is C13H16N2O2. The number of aryl methyl sites for hydroxylation is 2. The van der Waals surface area contributed by atoms with Gasteiger partial charge in [0.1, 0.15) is 5.76 Å². The van der Waals surface area contributed by atoms with Crippen LogP contribution in [0.4, 0.5) is 5.69 Å². The first-order valence-electron chi connectivity index (χ1n) is 5.31. The Labute approximate surface area is 101 Å². The monoisotopic (exact) mass is 232 g/mol.